The number of unbranched alkanes of at least 4 members (excludes halogenated alkanes) is 7. The summed E-state index contributed by atoms with van der Waals surface area (Å²) in [5.74, 6) is 2.96. The fourth-order valence-electron chi connectivity index (χ4n) is 1.23. The third-order valence-electron chi connectivity index (χ3n) is 1.98. The van der Waals surface area contributed by atoms with Gasteiger partial charge in [0.2, 0.25) is 0 Å². The zero-order valence-electron chi connectivity index (χ0n) is 8.10. The number of rotatable bonds is 7. The molecule has 0 N–H and O–H groups in total. The van der Waals surface area contributed by atoms with E-state index in [1.54, 1.807) is 0 Å². The van der Waals surface area contributed by atoms with Crippen LogP contribution in [0.1, 0.15) is 58.3 Å². The van der Waals surface area contributed by atoms with Crippen LogP contribution in [-0.4, -0.2) is 0 Å². The van der Waals surface area contributed by atoms with E-state index in [0.29, 0.717) is 0 Å². The van der Waals surface area contributed by atoms with E-state index >= 15 is 0 Å². The van der Waals surface area contributed by atoms with Gasteiger partial charge in [0.05, 0.1) is 9.24 Å². The smallest absolute Gasteiger partial charge is 0.0586 e. The summed E-state index contributed by atoms with van der Waals surface area (Å²) in [6, 6.07) is 0. The molecule has 1 heteroatoms. The maximum absolute atomic E-state index is 3.83. The van der Waals surface area contributed by atoms with Gasteiger partial charge in [0, 0.05) is 6.42 Å². The summed E-state index contributed by atoms with van der Waals surface area (Å²) >= 11 is 0. The van der Waals surface area contributed by atoms with Crippen molar-refractivity contribution in [2.75, 3.05) is 0 Å². The van der Waals surface area contributed by atoms with E-state index in [1.165, 1.54) is 44.9 Å². The van der Waals surface area contributed by atoms with Gasteiger partial charge in [-0.2, -0.15) is 0 Å². The lowest BCUT2D eigenvalue weighted by Gasteiger charge is -1.97. The fraction of sp³-hybridized carbons (Fsp3) is 0.818. The molecule has 0 aromatic rings. The molecule has 0 heterocycles. The molecule has 0 rings (SSSR count). The molecule has 0 bridgehead atoms. The van der Waals surface area contributed by atoms with Gasteiger partial charge in [-0.3, -0.25) is 0 Å². The molecule has 0 aromatic carbocycles. The summed E-state index contributed by atoms with van der Waals surface area (Å²) in [6.45, 7) is 2.25. The molecular weight excluding hydrogens is 163 g/mol. The molecule has 0 unspecified atom stereocenters. The molecule has 0 fully saturated rings. The third kappa shape index (κ3) is 9.99. The molecule has 0 spiro atoms. The van der Waals surface area contributed by atoms with Crippen LogP contribution in [0.5, 0.6) is 0 Å². The predicted molar refractivity (Wildman–Crippen MR) is 57.3 cm³/mol. The van der Waals surface area contributed by atoms with Crippen molar-refractivity contribution < 1.29 is 0 Å². The Morgan fingerprint density at radius 2 is 1.50 bits per heavy atom. The highest BCUT2D eigenvalue weighted by Gasteiger charge is 1.88. The lowest BCUT2D eigenvalue weighted by molar-refractivity contribution is 0.594. The first-order valence-corrected chi connectivity index (χ1v) is 5.48. The van der Waals surface area contributed by atoms with Crippen LogP contribution in [-0.2, 0) is 0 Å². The first-order chi connectivity index (χ1) is 5.91. The van der Waals surface area contributed by atoms with Crippen molar-refractivity contribution in [3.63, 3.8) is 0 Å². The molecule has 0 aliphatic rings. The average molecular weight is 182 g/mol. The summed E-state index contributed by atoms with van der Waals surface area (Å²) in [4.78, 5) is 0. The summed E-state index contributed by atoms with van der Waals surface area (Å²) in [5.41, 5.74) is 2.62. The van der Waals surface area contributed by atoms with Gasteiger partial charge >= 0.3 is 0 Å². The Bertz CT molecular complexity index is 130. The van der Waals surface area contributed by atoms with Gasteiger partial charge in [-0.25, -0.2) is 0 Å². The van der Waals surface area contributed by atoms with E-state index in [9.17, 15) is 0 Å². The molecule has 0 saturated carbocycles. The van der Waals surface area contributed by atoms with Crippen LogP contribution < -0.4 is 0 Å². The molecule has 0 aliphatic heterocycles. The Hall–Kier alpha value is -0.0100. The van der Waals surface area contributed by atoms with Gasteiger partial charge in [-0.15, -0.1) is 0 Å². The summed E-state index contributed by atoms with van der Waals surface area (Å²) in [7, 11) is 3.83. The lowest BCUT2D eigenvalue weighted by atomic mass is 10.1. The monoisotopic (exact) mass is 182 g/mol. The molecule has 0 aliphatic carbocycles. The number of hydrogen-bond donors (Lipinski definition) is 0. The molecule has 0 amide bonds. The van der Waals surface area contributed by atoms with Crippen LogP contribution in [0.25, 0.3) is 0 Å². The van der Waals surface area contributed by atoms with E-state index in [0.717, 1.165) is 6.42 Å². The van der Waals surface area contributed by atoms with Crippen molar-refractivity contribution in [1.82, 2.24) is 0 Å². The lowest BCUT2D eigenvalue weighted by Crippen LogP contribution is -1.78. The summed E-state index contributed by atoms with van der Waals surface area (Å²) in [6.07, 6.45) is 10.6. The Labute approximate surface area is 79.7 Å². The summed E-state index contributed by atoms with van der Waals surface area (Å²) in [5, 5.41) is 0. The average Bonchev–Trinajstić information content (AvgIpc) is 2.10. The second-order valence-corrected chi connectivity index (χ2v) is 3.38. The molecule has 2 radical (unpaired) electrons. The molecule has 68 valence electrons. The Morgan fingerprint density at radius 3 is 2.08 bits per heavy atom. The predicted octanol–water partition coefficient (Wildman–Crippen LogP) is 4.50. The zero-order valence-corrected chi connectivity index (χ0v) is 9.00. The van der Waals surface area contributed by atoms with E-state index < -0.39 is 0 Å². The van der Waals surface area contributed by atoms with Gasteiger partial charge in [-0.05, 0) is 6.42 Å². The van der Waals surface area contributed by atoms with E-state index in [4.69, 9.17) is 0 Å². The van der Waals surface area contributed by atoms with Crippen LogP contribution >= 0.6 is 9.24 Å². The van der Waals surface area contributed by atoms with Crippen molar-refractivity contribution in [3.05, 3.63) is 0 Å². The fourth-order valence-corrected chi connectivity index (χ4v) is 1.34. The zero-order chi connectivity index (χ0) is 9.07. The Kier molecular flexibility index (Phi) is 11.0. The molecule has 0 aromatic heterocycles. The van der Waals surface area contributed by atoms with E-state index in [-0.39, 0.29) is 0 Å². The highest BCUT2D eigenvalue weighted by molar-refractivity contribution is 7.23. The maximum atomic E-state index is 3.83. The van der Waals surface area contributed by atoms with Gasteiger partial charge in [-0.1, -0.05) is 57.0 Å². The Morgan fingerprint density at radius 1 is 0.917 bits per heavy atom. The molecule has 0 atom stereocenters. The van der Waals surface area contributed by atoms with Crippen LogP contribution in [0.15, 0.2) is 0 Å². The second kappa shape index (κ2) is 11.0. The molecule has 0 nitrogen and oxygen atoms in total. The van der Waals surface area contributed by atoms with Gasteiger partial charge in [0.25, 0.3) is 0 Å². The van der Waals surface area contributed by atoms with Crippen molar-refractivity contribution >= 4 is 9.24 Å². The van der Waals surface area contributed by atoms with E-state index in [1.807, 2.05) is 0 Å². The highest BCUT2D eigenvalue weighted by Crippen LogP contribution is 2.07. The summed E-state index contributed by atoms with van der Waals surface area (Å²) < 4.78 is 0. The van der Waals surface area contributed by atoms with Crippen molar-refractivity contribution in [1.29, 1.82) is 0 Å². The normalized spacial score (nSPS) is 9.17. The Balaban J connectivity index is 2.84. The topological polar surface area (TPSA) is 0 Å². The van der Waals surface area contributed by atoms with Crippen LogP contribution in [0.4, 0.5) is 0 Å². The number of hydrogen-bond acceptors (Lipinski definition) is 0. The molecule has 12 heavy (non-hydrogen) atoms. The van der Waals surface area contributed by atoms with Crippen molar-refractivity contribution in [3.8, 4) is 11.6 Å². The van der Waals surface area contributed by atoms with Crippen molar-refractivity contribution in [2.24, 2.45) is 0 Å². The van der Waals surface area contributed by atoms with E-state index in [2.05, 4.69) is 27.7 Å². The first-order valence-electron chi connectivity index (χ1n) is 5.03. The van der Waals surface area contributed by atoms with Crippen LogP contribution in [0, 0.1) is 11.6 Å². The second-order valence-electron chi connectivity index (χ2n) is 3.16. The maximum Gasteiger partial charge on any atom is 0.0586 e. The highest BCUT2D eigenvalue weighted by atomic mass is 31.0. The third-order valence-corrected chi connectivity index (χ3v) is 2.14. The minimum Gasteiger partial charge on any atom is -0.0979 e. The molecule has 0 saturated heterocycles. The SMILES string of the molecule is CCCCCCCCCC#C[P]. The van der Waals surface area contributed by atoms with Crippen LogP contribution in [0.2, 0.25) is 0 Å². The first kappa shape index (κ1) is 12.0. The minimum absolute atomic E-state index is 1.03. The minimum atomic E-state index is 1.03. The standard InChI is InChI=1S/C11H19P/c1-2-3-4-5-6-7-8-9-10-11-12/h2-9H2,1H3. The van der Waals surface area contributed by atoms with Gasteiger partial charge < -0.3 is 0 Å². The van der Waals surface area contributed by atoms with Gasteiger partial charge in [0.15, 0.2) is 0 Å². The van der Waals surface area contributed by atoms with Gasteiger partial charge in [0.1, 0.15) is 0 Å². The van der Waals surface area contributed by atoms with Crippen LogP contribution in [0.3, 0.4) is 0 Å². The quantitative estimate of drug-likeness (QED) is 0.309. The van der Waals surface area contributed by atoms with Crippen molar-refractivity contribution in [2.45, 2.75) is 58.3 Å². The molecular formula is C11H19P. The largest absolute Gasteiger partial charge is 0.0979 e.